The van der Waals surface area contributed by atoms with Crippen LogP contribution >= 0.6 is 0 Å². The van der Waals surface area contributed by atoms with E-state index in [0.717, 1.165) is 5.56 Å². The van der Waals surface area contributed by atoms with Gasteiger partial charge < -0.3 is 19.5 Å². The van der Waals surface area contributed by atoms with Crippen molar-refractivity contribution in [3.05, 3.63) is 42.0 Å². The Morgan fingerprint density at radius 3 is 2.65 bits per heavy atom. The number of amides is 1. The van der Waals surface area contributed by atoms with Crippen molar-refractivity contribution in [2.75, 3.05) is 7.11 Å². The molecule has 0 saturated carbocycles. The van der Waals surface area contributed by atoms with Gasteiger partial charge in [0.1, 0.15) is 17.5 Å². The molecule has 0 bridgehead atoms. The van der Waals surface area contributed by atoms with Crippen molar-refractivity contribution >= 4 is 12.1 Å². The fourth-order valence-electron chi connectivity index (χ4n) is 2.19. The monoisotopic (exact) mass is 319 g/mol. The maximum atomic E-state index is 12.1. The topological polar surface area (TPSA) is 73.9 Å². The van der Waals surface area contributed by atoms with Gasteiger partial charge in [0.05, 0.1) is 13.2 Å². The first-order valence-electron chi connectivity index (χ1n) is 7.31. The fraction of sp³-hybridized carbons (Fsp3) is 0.412. The average molecular weight is 319 g/mol. The number of rotatable bonds is 4. The summed E-state index contributed by atoms with van der Waals surface area (Å²) in [6.45, 7) is 5.34. The van der Waals surface area contributed by atoms with E-state index in [2.05, 4.69) is 5.32 Å². The molecule has 1 aliphatic heterocycles. The second-order valence-corrected chi connectivity index (χ2v) is 6.16. The molecule has 1 aromatic carbocycles. The first-order chi connectivity index (χ1) is 10.8. The van der Waals surface area contributed by atoms with Crippen LogP contribution in [0.1, 0.15) is 32.4 Å². The van der Waals surface area contributed by atoms with E-state index < -0.39 is 29.8 Å². The van der Waals surface area contributed by atoms with E-state index in [1.54, 1.807) is 52.2 Å². The number of carbonyl (C=O) groups is 2. The van der Waals surface area contributed by atoms with Gasteiger partial charge in [-0.1, -0.05) is 12.1 Å². The zero-order valence-electron chi connectivity index (χ0n) is 13.7. The van der Waals surface area contributed by atoms with Crippen molar-refractivity contribution in [2.24, 2.45) is 0 Å². The van der Waals surface area contributed by atoms with Gasteiger partial charge in [-0.25, -0.2) is 9.59 Å². The molecule has 6 nitrogen and oxygen atoms in total. The third kappa shape index (κ3) is 4.74. The summed E-state index contributed by atoms with van der Waals surface area (Å²) < 4.78 is 15.7. The van der Waals surface area contributed by atoms with Crippen LogP contribution in [0.3, 0.4) is 0 Å². The molecule has 2 atom stereocenters. The highest BCUT2D eigenvalue weighted by Gasteiger charge is 2.31. The van der Waals surface area contributed by atoms with Crippen molar-refractivity contribution < 1.29 is 23.8 Å². The van der Waals surface area contributed by atoms with Crippen molar-refractivity contribution in [2.45, 2.75) is 38.5 Å². The first-order valence-corrected chi connectivity index (χ1v) is 7.31. The van der Waals surface area contributed by atoms with Gasteiger partial charge in [0.2, 0.25) is 0 Å². The van der Waals surface area contributed by atoms with Crippen LogP contribution in [0.2, 0.25) is 0 Å². The molecule has 0 unspecified atom stereocenters. The number of methoxy groups -OCH3 is 1. The van der Waals surface area contributed by atoms with Gasteiger partial charge in [-0.15, -0.1) is 0 Å². The van der Waals surface area contributed by atoms with Crippen LogP contribution in [0.25, 0.3) is 0 Å². The molecule has 0 spiro atoms. The van der Waals surface area contributed by atoms with E-state index in [-0.39, 0.29) is 0 Å². The van der Waals surface area contributed by atoms with E-state index >= 15 is 0 Å². The SMILES string of the molecule is COc1cccc([C@@H](NC(=O)OC(C)(C)C)[C@@H]2C=CC(=O)O2)c1. The third-order valence-electron chi connectivity index (χ3n) is 3.13. The largest absolute Gasteiger partial charge is 0.497 e. The molecular formula is C17H21NO5. The summed E-state index contributed by atoms with van der Waals surface area (Å²) in [6, 6.07) is 6.64. The standard InChI is InChI=1S/C17H21NO5/c1-17(2,3)23-16(20)18-15(13-8-9-14(19)22-13)11-6-5-7-12(10-11)21-4/h5-10,13,15H,1-4H3,(H,18,20)/t13-,15+/m0/s1. The van der Waals surface area contributed by atoms with Crippen LogP contribution in [0, 0.1) is 0 Å². The smallest absolute Gasteiger partial charge is 0.408 e. The van der Waals surface area contributed by atoms with Gasteiger partial charge in [0, 0.05) is 6.08 Å². The lowest BCUT2D eigenvalue weighted by atomic mass is 10.0. The Labute approximate surface area is 135 Å². The number of hydrogen-bond acceptors (Lipinski definition) is 5. The van der Waals surface area contributed by atoms with Crippen LogP contribution in [0.4, 0.5) is 4.79 Å². The van der Waals surface area contributed by atoms with E-state index in [0.29, 0.717) is 5.75 Å². The minimum atomic E-state index is -0.620. The molecule has 124 valence electrons. The quantitative estimate of drug-likeness (QED) is 0.864. The van der Waals surface area contributed by atoms with Crippen LogP contribution in [0.15, 0.2) is 36.4 Å². The number of hydrogen-bond donors (Lipinski definition) is 1. The Morgan fingerprint density at radius 2 is 2.09 bits per heavy atom. The second kappa shape index (κ2) is 6.73. The van der Waals surface area contributed by atoms with Gasteiger partial charge in [0.15, 0.2) is 0 Å². The Hall–Kier alpha value is -2.50. The molecule has 0 radical (unpaired) electrons. The van der Waals surface area contributed by atoms with Crippen LogP contribution in [-0.4, -0.2) is 30.9 Å². The van der Waals surface area contributed by atoms with Gasteiger partial charge >= 0.3 is 12.1 Å². The Kier molecular flexibility index (Phi) is 4.93. The Balaban J connectivity index is 2.23. The molecule has 0 aromatic heterocycles. The predicted octanol–water partition coefficient (Wildman–Crippen LogP) is 2.74. The minimum absolute atomic E-state index is 0.436. The zero-order valence-corrected chi connectivity index (χ0v) is 13.7. The first kappa shape index (κ1) is 16.9. The van der Waals surface area contributed by atoms with Crippen LogP contribution in [0.5, 0.6) is 5.75 Å². The summed E-state index contributed by atoms with van der Waals surface area (Å²) in [5.41, 5.74) is 0.130. The number of ether oxygens (including phenoxy) is 3. The van der Waals surface area contributed by atoms with Gasteiger partial charge in [-0.3, -0.25) is 0 Å². The highest BCUT2D eigenvalue weighted by molar-refractivity contribution is 5.84. The van der Waals surface area contributed by atoms with E-state index in [1.807, 2.05) is 6.07 Å². The molecule has 1 aliphatic rings. The molecule has 1 heterocycles. The van der Waals surface area contributed by atoms with E-state index in [4.69, 9.17) is 14.2 Å². The lowest BCUT2D eigenvalue weighted by Gasteiger charge is -2.26. The highest BCUT2D eigenvalue weighted by atomic mass is 16.6. The summed E-state index contributed by atoms with van der Waals surface area (Å²) in [5.74, 6) is 0.209. The molecule has 6 heteroatoms. The molecule has 0 saturated heterocycles. The molecule has 0 aliphatic carbocycles. The average Bonchev–Trinajstić information content (AvgIpc) is 2.89. The molecule has 2 rings (SSSR count). The minimum Gasteiger partial charge on any atom is -0.497 e. The number of benzene rings is 1. The van der Waals surface area contributed by atoms with Crippen molar-refractivity contribution in [1.29, 1.82) is 0 Å². The number of esters is 1. The second-order valence-electron chi connectivity index (χ2n) is 6.16. The van der Waals surface area contributed by atoms with Crippen LogP contribution in [-0.2, 0) is 14.3 Å². The summed E-state index contributed by atoms with van der Waals surface area (Å²) in [7, 11) is 1.56. The van der Waals surface area contributed by atoms with Gasteiger partial charge in [0.25, 0.3) is 0 Å². The van der Waals surface area contributed by atoms with Crippen molar-refractivity contribution in [3.63, 3.8) is 0 Å². The number of cyclic esters (lactones) is 1. The van der Waals surface area contributed by atoms with Crippen molar-refractivity contribution in [3.8, 4) is 5.75 Å². The maximum absolute atomic E-state index is 12.1. The molecule has 1 N–H and O–H groups in total. The lowest BCUT2D eigenvalue weighted by Crippen LogP contribution is -2.39. The number of carbonyl (C=O) groups excluding carboxylic acids is 2. The summed E-state index contributed by atoms with van der Waals surface area (Å²) in [5, 5.41) is 2.76. The summed E-state index contributed by atoms with van der Waals surface area (Å²) >= 11 is 0. The van der Waals surface area contributed by atoms with E-state index in [9.17, 15) is 9.59 Å². The summed E-state index contributed by atoms with van der Waals surface area (Å²) in [6.07, 6.45) is 1.78. The van der Waals surface area contributed by atoms with Gasteiger partial charge in [-0.2, -0.15) is 0 Å². The molecule has 23 heavy (non-hydrogen) atoms. The Bertz CT molecular complexity index is 618. The van der Waals surface area contributed by atoms with Crippen LogP contribution < -0.4 is 10.1 Å². The summed E-state index contributed by atoms with van der Waals surface area (Å²) in [4.78, 5) is 23.5. The third-order valence-corrected chi connectivity index (χ3v) is 3.13. The lowest BCUT2D eigenvalue weighted by molar-refractivity contribution is -0.139. The molecular weight excluding hydrogens is 298 g/mol. The normalized spacial score (nSPS) is 18.3. The molecule has 1 aromatic rings. The van der Waals surface area contributed by atoms with Crippen molar-refractivity contribution in [1.82, 2.24) is 5.32 Å². The maximum Gasteiger partial charge on any atom is 0.408 e. The fourth-order valence-corrected chi connectivity index (χ4v) is 2.19. The zero-order chi connectivity index (χ0) is 17.0. The van der Waals surface area contributed by atoms with Gasteiger partial charge in [-0.05, 0) is 44.5 Å². The Morgan fingerprint density at radius 1 is 1.35 bits per heavy atom. The highest BCUT2D eigenvalue weighted by Crippen LogP contribution is 2.27. The number of alkyl carbamates (subject to hydrolysis) is 1. The van der Waals surface area contributed by atoms with E-state index in [1.165, 1.54) is 6.08 Å². The molecule has 0 fully saturated rings. The predicted molar refractivity (Wildman–Crippen MR) is 84.1 cm³/mol. The number of nitrogens with one attached hydrogen (secondary N) is 1. The molecule has 1 amide bonds.